The highest BCUT2D eigenvalue weighted by Gasteiger charge is 2.36. The Kier molecular flexibility index (Phi) is 4.06. The third kappa shape index (κ3) is 3.47. The van der Waals surface area contributed by atoms with E-state index in [4.69, 9.17) is 4.74 Å². The van der Waals surface area contributed by atoms with Crippen molar-refractivity contribution >= 4 is 6.09 Å². The number of rotatable bonds is 2. The maximum absolute atomic E-state index is 11.8. The van der Waals surface area contributed by atoms with Crippen LogP contribution in [0.2, 0.25) is 0 Å². The molecule has 0 aromatic heterocycles. The number of nitrogens with zero attached hydrogens (tertiary/aromatic N) is 1. The number of nitriles is 1. The van der Waals surface area contributed by atoms with Crippen molar-refractivity contribution in [3.63, 3.8) is 0 Å². The highest BCUT2D eigenvalue weighted by molar-refractivity contribution is 5.71. The van der Waals surface area contributed by atoms with Gasteiger partial charge in [-0.1, -0.05) is 25.1 Å². The third-order valence-electron chi connectivity index (χ3n) is 3.64. The molecule has 1 saturated carbocycles. The molecule has 1 aromatic rings. The molecule has 0 saturated heterocycles. The minimum absolute atomic E-state index is 0.484. The minimum Gasteiger partial charge on any atom is -0.410 e. The van der Waals surface area contributed by atoms with Crippen molar-refractivity contribution in [2.75, 3.05) is 0 Å². The average Bonchev–Trinajstić information content (AvgIpc) is 2.43. The summed E-state index contributed by atoms with van der Waals surface area (Å²) in [5.74, 6) is 1.10. The Morgan fingerprint density at radius 3 is 2.58 bits per heavy atom. The molecule has 4 nitrogen and oxygen atoms in total. The van der Waals surface area contributed by atoms with E-state index >= 15 is 0 Å². The number of nitrogens with one attached hydrogen (secondary N) is 1. The average molecular weight is 258 g/mol. The van der Waals surface area contributed by atoms with Gasteiger partial charge < -0.3 is 10.1 Å². The highest BCUT2D eigenvalue weighted by atomic mass is 16.6. The van der Waals surface area contributed by atoms with Gasteiger partial charge in [0.25, 0.3) is 0 Å². The fourth-order valence-corrected chi connectivity index (χ4v) is 2.34. The van der Waals surface area contributed by atoms with Crippen LogP contribution in [0.15, 0.2) is 30.3 Å². The zero-order valence-electron chi connectivity index (χ0n) is 11.1. The normalized spacial score (nSPS) is 26.2. The molecule has 0 spiro atoms. The standard InChI is InChI=1S/C15H18N2O2/c1-12-7-9-15(11-16,10-8-12)17-14(18)19-13-5-3-2-4-6-13/h2-6,12H,7-10H2,1H3,(H,17,18). The quantitative estimate of drug-likeness (QED) is 0.885. The molecule has 1 fully saturated rings. The van der Waals surface area contributed by atoms with Crippen molar-refractivity contribution in [1.82, 2.24) is 5.32 Å². The summed E-state index contributed by atoms with van der Waals surface area (Å²) in [6.07, 6.45) is 2.74. The van der Waals surface area contributed by atoms with Gasteiger partial charge in [-0.3, -0.25) is 0 Å². The molecule has 0 bridgehead atoms. The second-order valence-corrected chi connectivity index (χ2v) is 5.20. The van der Waals surface area contributed by atoms with Gasteiger partial charge in [0.05, 0.1) is 6.07 Å². The topological polar surface area (TPSA) is 62.1 Å². The number of hydrogen-bond donors (Lipinski definition) is 1. The molecule has 1 aliphatic carbocycles. The van der Waals surface area contributed by atoms with E-state index in [-0.39, 0.29) is 0 Å². The summed E-state index contributed by atoms with van der Waals surface area (Å²) in [7, 11) is 0. The molecule has 1 N–H and O–H groups in total. The van der Waals surface area contributed by atoms with Gasteiger partial charge in [-0.25, -0.2) is 4.79 Å². The van der Waals surface area contributed by atoms with E-state index in [2.05, 4.69) is 18.3 Å². The van der Waals surface area contributed by atoms with Crippen molar-refractivity contribution < 1.29 is 9.53 Å². The Labute approximate surface area is 113 Å². The molecular weight excluding hydrogens is 240 g/mol. The van der Waals surface area contributed by atoms with Gasteiger partial charge >= 0.3 is 6.09 Å². The number of benzene rings is 1. The smallest absolute Gasteiger partial charge is 0.410 e. The largest absolute Gasteiger partial charge is 0.413 e. The number of hydrogen-bond acceptors (Lipinski definition) is 3. The molecule has 1 amide bonds. The Morgan fingerprint density at radius 2 is 2.00 bits per heavy atom. The molecule has 100 valence electrons. The van der Waals surface area contributed by atoms with Gasteiger partial charge in [0.2, 0.25) is 0 Å². The maximum atomic E-state index is 11.8. The first-order chi connectivity index (χ1) is 9.13. The van der Waals surface area contributed by atoms with Crippen molar-refractivity contribution in [2.45, 2.75) is 38.1 Å². The maximum Gasteiger partial charge on any atom is 0.413 e. The molecule has 19 heavy (non-hydrogen) atoms. The predicted octanol–water partition coefficient (Wildman–Crippen LogP) is 3.25. The van der Waals surface area contributed by atoms with Crippen LogP contribution in [0.25, 0.3) is 0 Å². The van der Waals surface area contributed by atoms with E-state index in [0.29, 0.717) is 24.5 Å². The molecule has 0 radical (unpaired) electrons. The number of para-hydroxylation sites is 1. The fourth-order valence-electron chi connectivity index (χ4n) is 2.34. The Morgan fingerprint density at radius 1 is 1.37 bits per heavy atom. The number of ether oxygens (including phenoxy) is 1. The lowest BCUT2D eigenvalue weighted by Crippen LogP contribution is -2.50. The minimum atomic E-state index is -0.766. The van der Waals surface area contributed by atoms with Crippen LogP contribution >= 0.6 is 0 Å². The van der Waals surface area contributed by atoms with E-state index in [0.717, 1.165) is 12.8 Å². The van der Waals surface area contributed by atoms with Crippen LogP contribution in [0.3, 0.4) is 0 Å². The van der Waals surface area contributed by atoms with Gasteiger partial charge in [-0.05, 0) is 43.7 Å². The number of carbonyl (C=O) groups is 1. The van der Waals surface area contributed by atoms with E-state index < -0.39 is 11.6 Å². The molecule has 2 rings (SSSR count). The summed E-state index contributed by atoms with van der Waals surface area (Å²) >= 11 is 0. The number of amides is 1. The van der Waals surface area contributed by atoms with Gasteiger partial charge in [0, 0.05) is 0 Å². The first-order valence-corrected chi connectivity index (χ1v) is 6.60. The molecule has 0 atom stereocenters. The van der Waals surface area contributed by atoms with Crippen LogP contribution < -0.4 is 10.1 Å². The third-order valence-corrected chi connectivity index (χ3v) is 3.64. The summed E-state index contributed by atoms with van der Waals surface area (Å²) < 4.78 is 5.17. The zero-order valence-corrected chi connectivity index (χ0v) is 11.1. The zero-order chi connectivity index (χ0) is 13.7. The number of carbonyl (C=O) groups excluding carboxylic acids is 1. The molecule has 4 heteroatoms. The van der Waals surface area contributed by atoms with Crippen LogP contribution in [-0.4, -0.2) is 11.6 Å². The second kappa shape index (κ2) is 5.75. The molecule has 1 aromatic carbocycles. The Bertz CT molecular complexity index is 471. The summed E-state index contributed by atoms with van der Waals surface area (Å²) in [6.45, 7) is 2.17. The SMILES string of the molecule is CC1CCC(C#N)(NC(=O)Oc2ccccc2)CC1. The van der Waals surface area contributed by atoms with Gasteiger partial charge in [0.15, 0.2) is 0 Å². The van der Waals surface area contributed by atoms with Crippen molar-refractivity contribution in [1.29, 1.82) is 5.26 Å². The summed E-state index contributed by atoms with van der Waals surface area (Å²) in [5.41, 5.74) is -0.766. The van der Waals surface area contributed by atoms with Crippen LogP contribution in [0.5, 0.6) is 5.75 Å². The van der Waals surface area contributed by atoms with Crippen LogP contribution in [0.1, 0.15) is 32.6 Å². The van der Waals surface area contributed by atoms with Crippen molar-refractivity contribution in [2.24, 2.45) is 5.92 Å². The van der Waals surface area contributed by atoms with Gasteiger partial charge in [-0.15, -0.1) is 0 Å². The summed E-state index contributed by atoms with van der Waals surface area (Å²) in [4.78, 5) is 11.8. The summed E-state index contributed by atoms with van der Waals surface area (Å²) in [6, 6.07) is 11.1. The molecule has 0 unspecified atom stereocenters. The van der Waals surface area contributed by atoms with E-state index in [1.165, 1.54) is 0 Å². The Balaban J connectivity index is 1.96. The lowest BCUT2D eigenvalue weighted by atomic mass is 9.78. The van der Waals surface area contributed by atoms with Gasteiger partial charge in [-0.2, -0.15) is 5.26 Å². The molecular formula is C15H18N2O2. The lowest BCUT2D eigenvalue weighted by molar-refractivity contribution is 0.176. The highest BCUT2D eigenvalue weighted by Crippen LogP contribution is 2.31. The summed E-state index contributed by atoms with van der Waals surface area (Å²) in [5, 5.41) is 12.1. The second-order valence-electron chi connectivity index (χ2n) is 5.20. The first-order valence-electron chi connectivity index (χ1n) is 6.60. The Hall–Kier alpha value is -2.02. The fraction of sp³-hybridized carbons (Fsp3) is 0.467. The monoisotopic (exact) mass is 258 g/mol. The van der Waals surface area contributed by atoms with Crippen LogP contribution in [0.4, 0.5) is 4.79 Å². The van der Waals surface area contributed by atoms with Crippen LogP contribution in [0, 0.1) is 17.2 Å². The van der Waals surface area contributed by atoms with E-state index in [1.54, 1.807) is 24.3 Å². The van der Waals surface area contributed by atoms with Crippen molar-refractivity contribution in [3.8, 4) is 11.8 Å². The lowest BCUT2D eigenvalue weighted by Gasteiger charge is -2.33. The predicted molar refractivity (Wildman–Crippen MR) is 71.6 cm³/mol. The van der Waals surface area contributed by atoms with Crippen molar-refractivity contribution in [3.05, 3.63) is 30.3 Å². The molecule has 0 aliphatic heterocycles. The van der Waals surface area contributed by atoms with E-state index in [1.807, 2.05) is 6.07 Å². The molecule has 1 aliphatic rings. The first kappa shape index (κ1) is 13.4. The van der Waals surface area contributed by atoms with Crippen LogP contribution in [-0.2, 0) is 0 Å². The molecule has 0 heterocycles. The van der Waals surface area contributed by atoms with E-state index in [9.17, 15) is 10.1 Å². The van der Waals surface area contributed by atoms with Gasteiger partial charge in [0.1, 0.15) is 11.3 Å².